The van der Waals surface area contributed by atoms with E-state index in [0.29, 0.717) is 5.92 Å². The second-order valence-electron chi connectivity index (χ2n) is 6.83. The van der Waals surface area contributed by atoms with E-state index >= 15 is 0 Å². The van der Waals surface area contributed by atoms with Crippen molar-refractivity contribution >= 4 is 12.4 Å². The van der Waals surface area contributed by atoms with Gasteiger partial charge in [-0.05, 0) is 66.3 Å². The molecule has 3 rings (SSSR count). The molecule has 0 atom stereocenters. The standard InChI is InChI=1S/C22H25FN2/c1-2-17-3-9-20(10-4-17)21-11-5-18(6-12-21)15-24-25-16-19-7-13-22(23)14-8-19/h5-8,11-17,20H,2-4,9-10H2,1H3/t17-,20-. The van der Waals surface area contributed by atoms with Crippen LogP contribution in [-0.4, -0.2) is 12.4 Å². The van der Waals surface area contributed by atoms with Crippen molar-refractivity contribution in [1.29, 1.82) is 0 Å². The molecule has 0 N–H and O–H groups in total. The van der Waals surface area contributed by atoms with Gasteiger partial charge in [-0.3, -0.25) is 0 Å². The molecule has 0 amide bonds. The van der Waals surface area contributed by atoms with Crippen LogP contribution < -0.4 is 0 Å². The second kappa shape index (κ2) is 8.70. The van der Waals surface area contributed by atoms with E-state index in [1.165, 1.54) is 49.8 Å². The van der Waals surface area contributed by atoms with Crippen LogP contribution in [0.1, 0.15) is 61.6 Å². The zero-order valence-electron chi connectivity index (χ0n) is 14.7. The third kappa shape index (κ3) is 5.09. The normalized spacial score (nSPS) is 21.2. The molecule has 1 saturated carbocycles. The number of hydrogen-bond acceptors (Lipinski definition) is 2. The molecule has 2 aromatic rings. The minimum absolute atomic E-state index is 0.246. The third-order valence-electron chi connectivity index (χ3n) is 5.18. The summed E-state index contributed by atoms with van der Waals surface area (Å²) in [5.74, 6) is 1.40. The van der Waals surface area contributed by atoms with Crippen LogP contribution in [0.4, 0.5) is 4.39 Å². The highest BCUT2D eigenvalue weighted by molar-refractivity contribution is 5.82. The Morgan fingerprint density at radius 1 is 0.840 bits per heavy atom. The Morgan fingerprint density at radius 3 is 1.88 bits per heavy atom. The predicted octanol–water partition coefficient (Wildman–Crippen LogP) is 5.96. The highest BCUT2D eigenvalue weighted by Crippen LogP contribution is 2.36. The van der Waals surface area contributed by atoms with Gasteiger partial charge in [-0.1, -0.05) is 49.7 Å². The summed E-state index contributed by atoms with van der Waals surface area (Å²) in [7, 11) is 0. The van der Waals surface area contributed by atoms with E-state index < -0.39 is 0 Å². The number of nitrogens with zero attached hydrogens (tertiary/aromatic N) is 2. The lowest BCUT2D eigenvalue weighted by Gasteiger charge is -2.28. The van der Waals surface area contributed by atoms with Crippen LogP contribution in [0, 0.1) is 11.7 Å². The number of hydrogen-bond donors (Lipinski definition) is 0. The molecule has 2 aromatic carbocycles. The van der Waals surface area contributed by atoms with Crippen molar-refractivity contribution in [3.63, 3.8) is 0 Å². The summed E-state index contributed by atoms with van der Waals surface area (Å²) in [4.78, 5) is 0. The molecule has 1 aliphatic carbocycles. The molecular weight excluding hydrogens is 311 g/mol. The van der Waals surface area contributed by atoms with E-state index in [1.54, 1.807) is 24.6 Å². The molecule has 0 unspecified atom stereocenters. The van der Waals surface area contributed by atoms with E-state index in [9.17, 15) is 4.39 Å². The fourth-order valence-corrected chi connectivity index (χ4v) is 3.51. The lowest BCUT2D eigenvalue weighted by atomic mass is 9.78. The average Bonchev–Trinajstić information content (AvgIpc) is 2.67. The van der Waals surface area contributed by atoms with Gasteiger partial charge in [0.25, 0.3) is 0 Å². The minimum Gasteiger partial charge on any atom is -0.207 e. The molecule has 0 aliphatic heterocycles. The smallest absolute Gasteiger partial charge is 0.123 e. The Labute approximate surface area is 149 Å². The Balaban J connectivity index is 1.54. The fraction of sp³-hybridized carbons (Fsp3) is 0.364. The van der Waals surface area contributed by atoms with E-state index in [2.05, 4.69) is 41.4 Å². The first-order chi connectivity index (χ1) is 12.2. The van der Waals surface area contributed by atoms with Gasteiger partial charge in [0.05, 0.1) is 12.4 Å². The van der Waals surface area contributed by atoms with E-state index in [0.717, 1.165) is 17.0 Å². The van der Waals surface area contributed by atoms with Gasteiger partial charge in [-0.25, -0.2) is 4.39 Å². The maximum atomic E-state index is 12.8. The molecule has 130 valence electrons. The molecule has 0 radical (unpaired) electrons. The summed E-state index contributed by atoms with van der Waals surface area (Å²) in [6.45, 7) is 2.30. The summed E-state index contributed by atoms with van der Waals surface area (Å²) in [5.41, 5.74) is 3.32. The summed E-state index contributed by atoms with van der Waals surface area (Å²) in [5, 5.41) is 8.09. The van der Waals surface area contributed by atoms with Crippen LogP contribution in [0.3, 0.4) is 0 Å². The van der Waals surface area contributed by atoms with Crippen molar-refractivity contribution in [3.05, 3.63) is 71.0 Å². The SMILES string of the molecule is CC[C@H]1CC[C@H](c2ccc(C=NN=Cc3ccc(F)cc3)cc2)CC1. The summed E-state index contributed by atoms with van der Waals surface area (Å²) in [6, 6.07) is 14.8. The third-order valence-corrected chi connectivity index (χ3v) is 5.18. The van der Waals surface area contributed by atoms with Crippen LogP contribution in [0.15, 0.2) is 58.7 Å². The Hall–Kier alpha value is -2.29. The lowest BCUT2D eigenvalue weighted by Crippen LogP contribution is -2.12. The van der Waals surface area contributed by atoms with Crippen molar-refractivity contribution in [2.45, 2.75) is 44.9 Å². The average molecular weight is 336 g/mol. The van der Waals surface area contributed by atoms with Gasteiger partial charge < -0.3 is 0 Å². The Kier molecular flexibility index (Phi) is 6.10. The molecular formula is C22H25FN2. The summed E-state index contributed by atoms with van der Waals surface area (Å²) in [6.07, 6.45) is 10.0. The molecule has 1 aliphatic rings. The van der Waals surface area contributed by atoms with E-state index in [1.807, 2.05) is 0 Å². The van der Waals surface area contributed by atoms with Crippen molar-refractivity contribution in [2.75, 3.05) is 0 Å². The van der Waals surface area contributed by atoms with E-state index in [4.69, 9.17) is 0 Å². The van der Waals surface area contributed by atoms with Crippen LogP contribution in [-0.2, 0) is 0 Å². The van der Waals surface area contributed by atoms with Crippen molar-refractivity contribution in [2.24, 2.45) is 16.1 Å². The first kappa shape index (κ1) is 17.5. The van der Waals surface area contributed by atoms with Crippen LogP contribution in [0.25, 0.3) is 0 Å². The molecule has 1 fully saturated rings. The first-order valence-corrected chi connectivity index (χ1v) is 9.16. The van der Waals surface area contributed by atoms with Gasteiger partial charge in [-0.15, -0.1) is 0 Å². The van der Waals surface area contributed by atoms with Crippen molar-refractivity contribution in [1.82, 2.24) is 0 Å². The van der Waals surface area contributed by atoms with Crippen LogP contribution in [0.5, 0.6) is 0 Å². The van der Waals surface area contributed by atoms with Crippen LogP contribution in [0.2, 0.25) is 0 Å². The number of rotatable bonds is 5. The molecule has 2 nitrogen and oxygen atoms in total. The maximum absolute atomic E-state index is 12.8. The molecule has 3 heteroatoms. The van der Waals surface area contributed by atoms with Gasteiger partial charge >= 0.3 is 0 Å². The first-order valence-electron chi connectivity index (χ1n) is 9.16. The Bertz CT molecular complexity index is 709. The zero-order valence-corrected chi connectivity index (χ0v) is 14.7. The Morgan fingerprint density at radius 2 is 1.36 bits per heavy atom. The summed E-state index contributed by atoms with van der Waals surface area (Å²) >= 11 is 0. The van der Waals surface area contributed by atoms with Gasteiger partial charge in [0, 0.05) is 0 Å². The highest BCUT2D eigenvalue weighted by Gasteiger charge is 2.20. The minimum atomic E-state index is -0.246. The topological polar surface area (TPSA) is 24.7 Å². The van der Waals surface area contributed by atoms with Gasteiger partial charge in [0.1, 0.15) is 5.82 Å². The second-order valence-corrected chi connectivity index (χ2v) is 6.83. The quantitative estimate of drug-likeness (QED) is 0.475. The molecule has 0 saturated heterocycles. The molecule has 25 heavy (non-hydrogen) atoms. The molecule has 0 bridgehead atoms. The van der Waals surface area contributed by atoms with Gasteiger partial charge in [0.15, 0.2) is 0 Å². The van der Waals surface area contributed by atoms with Crippen molar-refractivity contribution in [3.8, 4) is 0 Å². The lowest BCUT2D eigenvalue weighted by molar-refractivity contribution is 0.319. The number of benzene rings is 2. The van der Waals surface area contributed by atoms with Gasteiger partial charge in [0.2, 0.25) is 0 Å². The fourth-order valence-electron chi connectivity index (χ4n) is 3.51. The van der Waals surface area contributed by atoms with Crippen LogP contribution >= 0.6 is 0 Å². The van der Waals surface area contributed by atoms with Crippen molar-refractivity contribution < 1.29 is 4.39 Å². The van der Waals surface area contributed by atoms with E-state index in [-0.39, 0.29) is 5.82 Å². The molecule has 0 heterocycles. The number of halogens is 1. The molecule has 0 spiro atoms. The predicted molar refractivity (Wildman–Crippen MR) is 103 cm³/mol. The highest BCUT2D eigenvalue weighted by atomic mass is 19.1. The van der Waals surface area contributed by atoms with Gasteiger partial charge in [-0.2, -0.15) is 10.2 Å². The maximum Gasteiger partial charge on any atom is 0.123 e. The zero-order chi connectivity index (χ0) is 17.5. The molecule has 0 aromatic heterocycles. The largest absolute Gasteiger partial charge is 0.207 e. The monoisotopic (exact) mass is 336 g/mol. The summed E-state index contributed by atoms with van der Waals surface area (Å²) < 4.78 is 12.8.